The predicted molar refractivity (Wildman–Crippen MR) is 93.1 cm³/mol. The molecular weight excluding hydrogens is 420 g/mol. The lowest BCUT2D eigenvalue weighted by molar-refractivity contribution is -0.143. The molecule has 0 aliphatic heterocycles. The lowest BCUT2D eigenvalue weighted by Gasteiger charge is -2.15. The summed E-state index contributed by atoms with van der Waals surface area (Å²) in [6.45, 7) is -0.708. The van der Waals surface area contributed by atoms with Gasteiger partial charge in [-0.2, -0.15) is 26.3 Å². The van der Waals surface area contributed by atoms with Gasteiger partial charge in [0.1, 0.15) is 11.3 Å². The van der Waals surface area contributed by atoms with Gasteiger partial charge in [-0.05, 0) is 36.4 Å². The van der Waals surface area contributed by atoms with E-state index in [9.17, 15) is 35.9 Å². The maximum Gasteiger partial charge on any atom is 0.416 e. The van der Waals surface area contributed by atoms with Gasteiger partial charge in [0.15, 0.2) is 6.61 Å². The Morgan fingerprint density at radius 2 is 1.50 bits per heavy atom. The van der Waals surface area contributed by atoms with Crippen molar-refractivity contribution in [2.75, 3.05) is 11.9 Å². The summed E-state index contributed by atoms with van der Waals surface area (Å²) in [4.78, 5) is 23.2. The number of halogens is 6. The quantitative estimate of drug-likeness (QED) is 0.474. The molecule has 1 N–H and O–H groups in total. The van der Waals surface area contributed by atoms with Crippen LogP contribution in [0.5, 0.6) is 5.75 Å². The number of nitrogens with one attached hydrogen (secondary N) is 1. The minimum absolute atomic E-state index is 0.0466. The third-order valence-electron chi connectivity index (χ3n) is 3.84. The minimum atomic E-state index is -5.04. The number of hydrogen-bond donors (Lipinski definition) is 1. The molecule has 0 bridgehead atoms. The van der Waals surface area contributed by atoms with Gasteiger partial charge >= 0.3 is 18.0 Å². The lowest BCUT2D eigenvalue weighted by atomic mass is 10.1. The van der Waals surface area contributed by atoms with Crippen molar-refractivity contribution in [3.8, 4) is 5.75 Å². The first-order chi connectivity index (χ1) is 13.9. The first-order valence-corrected chi connectivity index (χ1v) is 8.18. The smallest absolute Gasteiger partial charge is 0.416 e. The van der Waals surface area contributed by atoms with E-state index < -0.39 is 47.3 Å². The monoisotopic (exact) mass is 431 g/mol. The Kier molecular flexibility index (Phi) is 5.47. The molecule has 3 aromatic rings. The maximum absolute atomic E-state index is 12.9. The zero-order valence-corrected chi connectivity index (χ0v) is 14.7. The van der Waals surface area contributed by atoms with E-state index in [1.54, 1.807) is 0 Å². The summed E-state index contributed by atoms with van der Waals surface area (Å²) in [5.41, 5.74) is -4.23. The molecule has 5 nitrogen and oxygen atoms in total. The number of benzene rings is 2. The van der Waals surface area contributed by atoms with E-state index in [0.717, 1.165) is 0 Å². The summed E-state index contributed by atoms with van der Waals surface area (Å²) in [7, 11) is 0. The van der Waals surface area contributed by atoms with Gasteiger partial charge in [-0.15, -0.1) is 0 Å². The molecule has 0 aliphatic carbocycles. The number of ether oxygens (including phenoxy) is 1. The zero-order chi connectivity index (χ0) is 22.1. The first kappa shape index (κ1) is 21.2. The van der Waals surface area contributed by atoms with Crippen molar-refractivity contribution in [2.45, 2.75) is 12.4 Å². The largest absolute Gasteiger partial charge is 0.484 e. The van der Waals surface area contributed by atoms with E-state index in [-0.39, 0.29) is 17.4 Å². The van der Waals surface area contributed by atoms with E-state index >= 15 is 0 Å². The van der Waals surface area contributed by atoms with E-state index in [1.807, 2.05) is 5.32 Å². The molecule has 0 spiro atoms. The van der Waals surface area contributed by atoms with Crippen molar-refractivity contribution in [3.05, 3.63) is 70.1 Å². The summed E-state index contributed by atoms with van der Waals surface area (Å²) < 4.78 is 87.3. The van der Waals surface area contributed by atoms with Crippen LogP contribution in [0.1, 0.15) is 11.1 Å². The van der Waals surface area contributed by atoms with Crippen molar-refractivity contribution in [3.63, 3.8) is 0 Å². The highest BCUT2D eigenvalue weighted by Gasteiger charge is 2.37. The van der Waals surface area contributed by atoms with Crippen LogP contribution in [0.2, 0.25) is 0 Å². The normalized spacial score (nSPS) is 12.1. The third-order valence-corrected chi connectivity index (χ3v) is 3.84. The molecule has 11 heteroatoms. The molecule has 0 unspecified atom stereocenters. The van der Waals surface area contributed by atoms with Gasteiger partial charge in [0.05, 0.1) is 11.1 Å². The Balaban J connectivity index is 1.75. The van der Waals surface area contributed by atoms with Gasteiger partial charge in [-0.25, -0.2) is 4.79 Å². The van der Waals surface area contributed by atoms with E-state index in [0.29, 0.717) is 17.5 Å². The number of alkyl halides is 6. The average molecular weight is 431 g/mol. The van der Waals surface area contributed by atoms with Crippen molar-refractivity contribution in [1.82, 2.24) is 0 Å². The second kappa shape index (κ2) is 7.73. The fourth-order valence-electron chi connectivity index (χ4n) is 2.50. The Morgan fingerprint density at radius 3 is 2.10 bits per heavy atom. The Bertz CT molecular complexity index is 1120. The summed E-state index contributed by atoms with van der Waals surface area (Å²) in [5, 5.41) is 2.52. The van der Waals surface area contributed by atoms with E-state index in [1.165, 1.54) is 30.3 Å². The number of carbonyl (C=O) groups excluding carboxylic acids is 1. The molecule has 0 saturated carbocycles. The van der Waals surface area contributed by atoms with Gasteiger partial charge in [0.25, 0.3) is 5.91 Å². The van der Waals surface area contributed by atoms with Crippen molar-refractivity contribution < 1.29 is 40.3 Å². The predicted octanol–water partition coefficient (Wildman–Crippen LogP) is 4.85. The number of carbonyl (C=O) groups is 1. The molecule has 30 heavy (non-hydrogen) atoms. The average Bonchev–Trinajstić information content (AvgIpc) is 2.64. The highest BCUT2D eigenvalue weighted by atomic mass is 19.4. The van der Waals surface area contributed by atoms with E-state index in [4.69, 9.17) is 9.15 Å². The molecular formula is C19H11F6NO4. The molecule has 2 aromatic carbocycles. The molecule has 1 aromatic heterocycles. The molecule has 0 fully saturated rings. The number of hydrogen-bond acceptors (Lipinski definition) is 4. The second-order valence-electron chi connectivity index (χ2n) is 6.09. The zero-order valence-electron chi connectivity index (χ0n) is 14.7. The second-order valence-corrected chi connectivity index (χ2v) is 6.09. The van der Waals surface area contributed by atoms with Gasteiger partial charge in [-0.3, -0.25) is 4.79 Å². The van der Waals surface area contributed by atoms with Crippen LogP contribution in [0.4, 0.5) is 32.0 Å². The van der Waals surface area contributed by atoms with Crippen LogP contribution in [0.15, 0.2) is 57.7 Å². The SMILES string of the molecule is O=C(COc1ccc2ccc(=O)oc2c1)Nc1cc(C(F)(F)F)cc(C(F)(F)F)c1. The number of rotatable bonds is 4. The van der Waals surface area contributed by atoms with Gasteiger partial charge in [0, 0.05) is 23.2 Å². The lowest BCUT2D eigenvalue weighted by Crippen LogP contribution is -2.21. The molecule has 1 amide bonds. The topological polar surface area (TPSA) is 68.5 Å². The Morgan fingerprint density at radius 1 is 0.900 bits per heavy atom. The molecule has 158 valence electrons. The van der Waals surface area contributed by atoms with Crippen molar-refractivity contribution in [2.24, 2.45) is 0 Å². The van der Waals surface area contributed by atoms with Crippen LogP contribution in [-0.4, -0.2) is 12.5 Å². The fourth-order valence-corrected chi connectivity index (χ4v) is 2.50. The third kappa shape index (κ3) is 5.10. The molecule has 0 radical (unpaired) electrons. The summed E-state index contributed by atoms with van der Waals surface area (Å²) in [6.07, 6.45) is -10.1. The van der Waals surface area contributed by atoms with Crippen molar-refractivity contribution in [1.29, 1.82) is 0 Å². The van der Waals surface area contributed by atoms with Crippen LogP contribution in [0, 0.1) is 0 Å². The maximum atomic E-state index is 12.9. The molecule has 0 aliphatic rings. The Labute approximate surface area is 163 Å². The van der Waals surface area contributed by atoms with Crippen LogP contribution in [0.3, 0.4) is 0 Å². The molecule has 3 rings (SSSR count). The summed E-state index contributed by atoms with van der Waals surface area (Å²) in [6, 6.07) is 7.74. The first-order valence-electron chi connectivity index (χ1n) is 8.18. The van der Waals surface area contributed by atoms with Crippen molar-refractivity contribution >= 4 is 22.6 Å². The van der Waals surface area contributed by atoms with Crippen LogP contribution in [-0.2, 0) is 17.1 Å². The molecule has 1 heterocycles. The number of fused-ring (bicyclic) bond motifs is 1. The highest BCUT2D eigenvalue weighted by Crippen LogP contribution is 2.37. The van der Waals surface area contributed by atoms with Crippen LogP contribution in [0.25, 0.3) is 11.0 Å². The summed E-state index contributed by atoms with van der Waals surface area (Å²) in [5.74, 6) is -0.885. The number of amides is 1. The van der Waals surface area contributed by atoms with Crippen LogP contribution >= 0.6 is 0 Å². The fraction of sp³-hybridized carbons (Fsp3) is 0.158. The van der Waals surface area contributed by atoms with Gasteiger partial charge in [-0.1, -0.05) is 0 Å². The van der Waals surface area contributed by atoms with Crippen LogP contribution < -0.4 is 15.7 Å². The van der Waals surface area contributed by atoms with E-state index in [2.05, 4.69) is 0 Å². The standard InChI is InChI=1S/C19H11F6NO4/c20-18(21,22)11-5-12(19(23,24)25)7-13(6-11)26-16(27)9-29-14-3-1-10-2-4-17(28)30-15(10)8-14/h1-8H,9H2,(H,26,27). The van der Waals surface area contributed by atoms with Gasteiger partial charge in [0.2, 0.25) is 0 Å². The molecule has 0 saturated heterocycles. The minimum Gasteiger partial charge on any atom is -0.484 e. The highest BCUT2D eigenvalue weighted by molar-refractivity contribution is 5.92. The summed E-state index contributed by atoms with van der Waals surface area (Å²) >= 11 is 0. The Hall–Kier alpha value is -3.50. The molecule has 0 atom stereocenters. The number of anilines is 1. The van der Waals surface area contributed by atoms with Gasteiger partial charge < -0.3 is 14.5 Å².